The van der Waals surface area contributed by atoms with E-state index in [0.717, 1.165) is 25.7 Å². The highest BCUT2D eigenvalue weighted by Gasteiger charge is 2.51. The molecule has 2 aliphatic carbocycles. The molecule has 4 atom stereocenters. The standard InChI is InChI=1S/C27H34ClN5O7/c1-26(13-34)20(40-24(37)15-6-10-27(11-7-15)8-2-3-9-27)16(12-38-26)33-14-29-19-21(31-25(28)32-22(19)33)30-23(36)17-4-5-18(35)39-17/h14-17,20,34H,2-13H2,1H3,(H,30,31,32,36)/t16?,17-,20+,26-/m1/s1. The van der Waals surface area contributed by atoms with Crippen LogP contribution in [0.1, 0.15) is 77.2 Å². The van der Waals surface area contributed by atoms with Gasteiger partial charge in [0.25, 0.3) is 5.91 Å². The van der Waals surface area contributed by atoms with Crippen LogP contribution in [-0.4, -0.2) is 73.5 Å². The first-order valence-electron chi connectivity index (χ1n) is 14.1. The predicted molar refractivity (Wildman–Crippen MR) is 141 cm³/mol. The Bertz CT molecular complexity index is 1320. The average Bonchev–Trinajstić information content (AvgIpc) is 3.73. The lowest BCUT2D eigenvalue weighted by molar-refractivity contribution is -0.169. The fourth-order valence-electron chi connectivity index (χ4n) is 6.86. The Morgan fingerprint density at radius 2 is 1.95 bits per heavy atom. The van der Waals surface area contributed by atoms with E-state index in [-0.39, 0.29) is 54.6 Å². The molecule has 2 saturated carbocycles. The summed E-state index contributed by atoms with van der Waals surface area (Å²) >= 11 is 6.23. The molecule has 4 heterocycles. The molecule has 2 N–H and O–H groups in total. The lowest BCUT2D eigenvalue weighted by atomic mass is 9.69. The number of aliphatic hydroxyl groups excluding tert-OH is 1. The zero-order valence-electron chi connectivity index (χ0n) is 22.4. The Morgan fingerprint density at radius 1 is 1.20 bits per heavy atom. The van der Waals surface area contributed by atoms with Crippen LogP contribution < -0.4 is 5.32 Å². The van der Waals surface area contributed by atoms with E-state index in [2.05, 4.69) is 20.3 Å². The molecule has 0 aromatic carbocycles. The first kappa shape index (κ1) is 27.3. The predicted octanol–water partition coefficient (Wildman–Crippen LogP) is 3.11. The molecule has 2 saturated heterocycles. The van der Waals surface area contributed by atoms with E-state index in [0.29, 0.717) is 11.1 Å². The van der Waals surface area contributed by atoms with Crippen LogP contribution in [0.2, 0.25) is 5.28 Å². The van der Waals surface area contributed by atoms with Crippen LogP contribution in [0, 0.1) is 11.3 Å². The van der Waals surface area contributed by atoms with E-state index in [4.69, 9.17) is 25.8 Å². The largest absolute Gasteiger partial charge is 0.457 e. The molecule has 13 heteroatoms. The Hall–Kier alpha value is -2.83. The van der Waals surface area contributed by atoms with Crippen molar-refractivity contribution < 1.29 is 33.7 Å². The van der Waals surface area contributed by atoms with Gasteiger partial charge in [0.1, 0.15) is 5.60 Å². The molecule has 2 aliphatic heterocycles. The second-order valence-electron chi connectivity index (χ2n) is 11.9. The van der Waals surface area contributed by atoms with Crippen molar-refractivity contribution in [1.82, 2.24) is 19.5 Å². The lowest BCUT2D eigenvalue weighted by Gasteiger charge is -2.37. The van der Waals surface area contributed by atoms with Gasteiger partial charge in [0.05, 0.1) is 31.5 Å². The van der Waals surface area contributed by atoms with Gasteiger partial charge in [-0.05, 0) is 62.5 Å². The molecule has 1 amide bonds. The maximum atomic E-state index is 13.4. The Kier molecular flexibility index (Phi) is 7.20. The van der Waals surface area contributed by atoms with Crippen LogP contribution in [0.15, 0.2) is 6.33 Å². The number of halogens is 1. The number of carbonyl (C=O) groups is 3. The van der Waals surface area contributed by atoms with E-state index in [1.807, 2.05) is 0 Å². The van der Waals surface area contributed by atoms with Gasteiger partial charge in [-0.15, -0.1) is 0 Å². The quantitative estimate of drug-likeness (QED) is 0.387. The number of ether oxygens (including phenoxy) is 3. The van der Waals surface area contributed by atoms with Gasteiger partial charge in [-0.1, -0.05) is 12.8 Å². The fourth-order valence-corrected chi connectivity index (χ4v) is 7.02. The van der Waals surface area contributed by atoms with Crippen molar-refractivity contribution in [3.63, 3.8) is 0 Å². The average molecular weight is 576 g/mol. The van der Waals surface area contributed by atoms with E-state index >= 15 is 0 Å². The minimum absolute atomic E-state index is 0.0714. The van der Waals surface area contributed by atoms with Gasteiger partial charge in [-0.25, -0.2) is 4.98 Å². The molecule has 40 heavy (non-hydrogen) atoms. The number of cyclic esters (lactones) is 1. The molecule has 12 nitrogen and oxygen atoms in total. The third kappa shape index (κ3) is 4.94. The molecule has 4 fully saturated rings. The molecule has 2 aromatic heterocycles. The van der Waals surface area contributed by atoms with Crippen LogP contribution >= 0.6 is 11.6 Å². The topological polar surface area (TPSA) is 155 Å². The van der Waals surface area contributed by atoms with Gasteiger partial charge >= 0.3 is 11.9 Å². The number of amides is 1. The summed E-state index contributed by atoms with van der Waals surface area (Å²) in [4.78, 5) is 50.4. The number of aliphatic hydroxyl groups is 1. The summed E-state index contributed by atoms with van der Waals surface area (Å²) < 4.78 is 18.8. The van der Waals surface area contributed by atoms with Gasteiger partial charge in [-0.3, -0.25) is 14.4 Å². The fraction of sp³-hybridized carbons (Fsp3) is 0.704. The third-order valence-electron chi connectivity index (χ3n) is 9.31. The molecular formula is C27H34ClN5O7. The zero-order valence-corrected chi connectivity index (χ0v) is 23.2. The highest BCUT2D eigenvalue weighted by Crippen LogP contribution is 2.50. The highest BCUT2D eigenvalue weighted by atomic mass is 35.5. The number of imidazole rings is 1. The SMILES string of the molecule is C[C@]1(CO)OCC(n2cnc3c(NC(=O)[C@H]4CCC(=O)O4)nc(Cl)nc32)[C@@H]1OC(=O)C1CCC2(CCCC2)CC1. The number of carbonyl (C=O) groups excluding carboxylic acids is 3. The number of fused-ring (bicyclic) bond motifs is 1. The number of rotatable bonds is 6. The third-order valence-corrected chi connectivity index (χ3v) is 9.47. The lowest BCUT2D eigenvalue weighted by Crippen LogP contribution is -2.46. The van der Waals surface area contributed by atoms with E-state index in [1.54, 1.807) is 11.5 Å². The van der Waals surface area contributed by atoms with Crippen molar-refractivity contribution >= 4 is 46.4 Å². The molecule has 1 unspecified atom stereocenters. The number of anilines is 1. The normalized spacial score (nSPS) is 30.2. The first-order chi connectivity index (χ1) is 19.2. The summed E-state index contributed by atoms with van der Waals surface area (Å²) in [5.74, 6) is -1.35. The highest BCUT2D eigenvalue weighted by molar-refractivity contribution is 6.28. The van der Waals surface area contributed by atoms with Crippen molar-refractivity contribution in [1.29, 1.82) is 0 Å². The van der Waals surface area contributed by atoms with Crippen molar-refractivity contribution in [3.8, 4) is 0 Å². The van der Waals surface area contributed by atoms with Crippen molar-refractivity contribution in [2.24, 2.45) is 11.3 Å². The van der Waals surface area contributed by atoms with E-state index in [9.17, 15) is 19.5 Å². The van der Waals surface area contributed by atoms with E-state index in [1.165, 1.54) is 32.0 Å². The summed E-state index contributed by atoms with van der Waals surface area (Å²) in [5, 5.41) is 12.7. The van der Waals surface area contributed by atoms with Gasteiger partial charge in [-0.2, -0.15) is 9.97 Å². The number of hydrogen-bond acceptors (Lipinski definition) is 10. The Morgan fingerprint density at radius 3 is 2.62 bits per heavy atom. The first-order valence-corrected chi connectivity index (χ1v) is 14.4. The summed E-state index contributed by atoms with van der Waals surface area (Å²) in [6, 6.07) is -0.554. The maximum Gasteiger partial charge on any atom is 0.309 e. The monoisotopic (exact) mass is 575 g/mol. The number of nitrogens with one attached hydrogen (secondary N) is 1. The number of esters is 2. The Balaban J connectivity index is 1.23. The van der Waals surface area contributed by atoms with Crippen molar-refractivity contribution in [2.45, 2.75) is 95.0 Å². The Labute approximate surface area is 236 Å². The molecule has 2 aromatic rings. The minimum atomic E-state index is -1.13. The number of aromatic nitrogens is 4. The molecule has 0 radical (unpaired) electrons. The van der Waals surface area contributed by atoms with Crippen molar-refractivity contribution in [3.05, 3.63) is 11.6 Å². The van der Waals surface area contributed by atoms with Crippen LogP contribution in [0.4, 0.5) is 5.82 Å². The maximum absolute atomic E-state index is 13.4. The second-order valence-corrected chi connectivity index (χ2v) is 12.2. The summed E-state index contributed by atoms with van der Waals surface area (Å²) in [6.07, 6.45) is 8.98. The minimum Gasteiger partial charge on any atom is -0.457 e. The van der Waals surface area contributed by atoms with Gasteiger partial charge < -0.3 is 29.2 Å². The van der Waals surface area contributed by atoms with Crippen LogP contribution in [-0.2, 0) is 28.6 Å². The van der Waals surface area contributed by atoms with Gasteiger partial charge in [0.15, 0.2) is 29.2 Å². The molecule has 4 aliphatic rings. The molecule has 6 rings (SSSR count). The van der Waals surface area contributed by atoms with Crippen LogP contribution in [0.25, 0.3) is 11.2 Å². The van der Waals surface area contributed by atoms with E-state index < -0.39 is 35.7 Å². The molecular weight excluding hydrogens is 542 g/mol. The smallest absolute Gasteiger partial charge is 0.309 e. The zero-order chi connectivity index (χ0) is 28.1. The summed E-state index contributed by atoms with van der Waals surface area (Å²) in [5.41, 5.74) is -0.162. The molecule has 0 bridgehead atoms. The summed E-state index contributed by atoms with van der Waals surface area (Å²) in [6.45, 7) is 1.50. The number of hydrogen-bond donors (Lipinski definition) is 2. The van der Waals surface area contributed by atoms with Gasteiger partial charge in [0, 0.05) is 12.8 Å². The van der Waals surface area contributed by atoms with Crippen LogP contribution in [0.3, 0.4) is 0 Å². The molecule has 216 valence electrons. The van der Waals surface area contributed by atoms with Crippen LogP contribution in [0.5, 0.6) is 0 Å². The van der Waals surface area contributed by atoms with Crippen molar-refractivity contribution in [2.75, 3.05) is 18.5 Å². The van der Waals surface area contributed by atoms with Gasteiger partial charge in [0.2, 0.25) is 5.28 Å². The second kappa shape index (κ2) is 10.5. The molecule has 1 spiro atoms. The number of nitrogens with zero attached hydrogens (tertiary/aromatic N) is 4. The summed E-state index contributed by atoms with van der Waals surface area (Å²) in [7, 11) is 0.